The molecular formula is C26H22FNO4. The minimum atomic E-state index is -0.502. The Labute approximate surface area is 185 Å². The summed E-state index contributed by atoms with van der Waals surface area (Å²) >= 11 is 0. The first-order chi connectivity index (χ1) is 15.5. The van der Waals surface area contributed by atoms with E-state index in [1.807, 2.05) is 44.2 Å². The van der Waals surface area contributed by atoms with Crippen LogP contribution in [0.3, 0.4) is 0 Å². The van der Waals surface area contributed by atoms with Gasteiger partial charge in [-0.25, -0.2) is 14.2 Å². The van der Waals surface area contributed by atoms with Gasteiger partial charge in [-0.2, -0.15) is 0 Å². The zero-order valence-electron chi connectivity index (χ0n) is 17.8. The number of rotatable bonds is 7. The van der Waals surface area contributed by atoms with Crippen LogP contribution < -0.4 is 9.47 Å². The predicted octanol–water partition coefficient (Wildman–Crippen LogP) is 5.46. The normalized spacial score (nSPS) is 14.3. The third-order valence-electron chi connectivity index (χ3n) is 4.87. The van der Waals surface area contributed by atoms with E-state index in [0.717, 1.165) is 22.3 Å². The van der Waals surface area contributed by atoms with Crippen LogP contribution in [0.25, 0.3) is 6.08 Å². The minimum Gasteiger partial charge on any atom is -0.490 e. The van der Waals surface area contributed by atoms with Gasteiger partial charge >= 0.3 is 5.97 Å². The second-order valence-corrected chi connectivity index (χ2v) is 7.21. The maximum atomic E-state index is 13.1. The summed E-state index contributed by atoms with van der Waals surface area (Å²) in [5.41, 5.74) is 3.53. The molecule has 6 heteroatoms. The van der Waals surface area contributed by atoms with Crippen molar-refractivity contribution in [1.82, 2.24) is 0 Å². The third kappa shape index (κ3) is 4.86. The molecule has 1 aliphatic heterocycles. The summed E-state index contributed by atoms with van der Waals surface area (Å²) in [6.45, 7) is 4.54. The number of nitrogens with zero attached hydrogens (tertiary/aromatic N) is 1. The summed E-state index contributed by atoms with van der Waals surface area (Å²) in [5.74, 6) is 0.594. The topological polar surface area (TPSA) is 57.1 Å². The van der Waals surface area contributed by atoms with Crippen molar-refractivity contribution < 1.29 is 23.4 Å². The van der Waals surface area contributed by atoms with Gasteiger partial charge in [-0.05, 0) is 66.9 Å². The highest BCUT2D eigenvalue weighted by atomic mass is 19.1. The van der Waals surface area contributed by atoms with E-state index in [9.17, 15) is 9.18 Å². The molecule has 0 atom stereocenters. The first kappa shape index (κ1) is 21.3. The Morgan fingerprint density at radius 1 is 1.00 bits per heavy atom. The van der Waals surface area contributed by atoms with E-state index in [0.29, 0.717) is 24.0 Å². The van der Waals surface area contributed by atoms with Crippen molar-refractivity contribution in [3.05, 3.63) is 100 Å². The van der Waals surface area contributed by atoms with Crippen molar-refractivity contribution >= 4 is 17.9 Å². The van der Waals surface area contributed by atoms with E-state index in [-0.39, 0.29) is 18.1 Å². The molecule has 0 N–H and O–H groups in total. The molecule has 0 amide bonds. The maximum absolute atomic E-state index is 13.1. The summed E-state index contributed by atoms with van der Waals surface area (Å²) in [6.07, 6.45) is 1.65. The number of halogens is 1. The fourth-order valence-corrected chi connectivity index (χ4v) is 3.24. The molecule has 0 fully saturated rings. The Hall–Kier alpha value is -3.93. The van der Waals surface area contributed by atoms with Crippen molar-refractivity contribution in [3.8, 4) is 11.5 Å². The molecule has 0 aromatic heterocycles. The summed E-state index contributed by atoms with van der Waals surface area (Å²) in [7, 11) is 0. The minimum absolute atomic E-state index is 0.214. The molecule has 0 radical (unpaired) electrons. The van der Waals surface area contributed by atoms with Crippen LogP contribution in [0.5, 0.6) is 11.5 Å². The standard InChI is InChI=1S/C26H22FNO4/c1-3-30-24-15-19(10-13-23(24)31-16-18-8-11-20(27)12-9-18)14-22-26(29)32-25(28-22)21-7-5-4-6-17(21)2/h4-15H,3,16H2,1-2H3/b22-14-. The van der Waals surface area contributed by atoms with E-state index in [1.165, 1.54) is 12.1 Å². The Balaban J connectivity index is 1.56. The summed E-state index contributed by atoms with van der Waals surface area (Å²) in [6, 6.07) is 19.1. The van der Waals surface area contributed by atoms with Gasteiger partial charge in [0, 0.05) is 5.56 Å². The Morgan fingerprint density at radius 2 is 1.78 bits per heavy atom. The van der Waals surface area contributed by atoms with Crippen molar-refractivity contribution in [2.24, 2.45) is 4.99 Å². The molecule has 0 unspecified atom stereocenters. The van der Waals surface area contributed by atoms with Crippen LogP contribution in [0.1, 0.15) is 29.2 Å². The first-order valence-electron chi connectivity index (χ1n) is 10.3. The molecule has 5 nitrogen and oxygen atoms in total. The molecular weight excluding hydrogens is 409 g/mol. The van der Waals surface area contributed by atoms with Gasteiger partial charge < -0.3 is 14.2 Å². The summed E-state index contributed by atoms with van der Waals surface area (Å²) in [4.78, 5) is 16.7. The highest BCUT2D eigenvalue weighted by Crippen LogP contribution is 2.31. The number of carbonyl (C=O) groups is 1. The van der Waals surface area contributed by atoms with Crippen molar-refractivity contribution in [3.63, 3.8) is 0 Å². The molecule has 0 spiro atoms. The number of aryl methyl sites for hydroxylation is 1. The monoisotopic (exact) mass is 431 g/mol. The van der Waals surface area contributed by atoms with Crippen LogP contribution in [0.2, 0.25) is 0 Å². The molecule has 4 rings (SSSR count). The number of ether oxygens (including phenoxy) is 3. The molecule has 0 saturated heterocycles. The molecule has 0 saturated carbocycles. The molecule has 1 heterocycles. The lowest BCUT2D eigenvalue weighted by atomic mass is 10.1. The smallest absolute Gasteiger partial charge is 0.363 e. The molecule has 0 aliphatic carbocycles. The average Bonchev–Trinajstić information content (AvgIpc) is 3.15. The summed E-state index contributed by atoms with van der Waals surface area (Å²) in [5, 5.41) is 0. The van der Waals surface area contributed by atoms with Gasteiger partial charge in [0.15, 0.2) is 17.2 Å². The zero-order valence-corrected chi connectivity index (χ0v) is 17.8. The Morgan fingerprint density at radius 3 is 2.53 bits per heavy atom. The second kappa shape index (κ2) is 9.47. The van der Waals surface area contributed by atoms with E-state index in [1.54, 1.807) is 30.3 Å². The zero-order chi connectivity index (χ0) is 22.5. The number of carbonyl (C=O) groups excluding carboxylic acids is 1. The van der Waals surface area contributed by atoms with Crippen LogP contribution >= 0.6 is 0 Å². The molecule has 162 valence electrons. The third-order valence-corrected chi connectivity index (χ3v) is 4.87. The molecule has 3 aromatic carbocycles. The van der Waals surface area contributed by atoms with Crippen LogP contribution in [-0.4, -0.2) is 18.5 Å². The lowest BCUT2D eigenvalue weighted by molar-refractivity contribution is -0.129. The van der Waals surface area contributed by atoms with Crippen LogP contribution in [0, 0.1) is 12.7 Å². The lowest BCUT2D eigenvalue weighted by Gasteiger charge is -2.13. The SMILES string of the molecule is CCOc1cc(/C=C2\N=C(c3ccccc3C)OC2=O)ccc1OCc1ccc(F)cc1. The molecule has 1 aliphatic rings. The van der Waals surface area contributed by atoms with Gasteiger partial charge in [-0.1, -0.05) is 36.4 Å². The molecule has 32 heavy (non-hydrogen) atoms. The fraction of sp³-hybridized carbons (Fsp3) is 0.154. The highest BCUT2D eigenvalue weighted by Gasteiger charge is 2.25. The average molecular weight is 431 g/mol. The van der Waals surface area contributed by atoms with Gasteiger partial charge in [0.1, 0.15) is 12.4 Å². The van der Waals surface area contributed by atoms with E-state index >= 15 is 0 Å². The number of hydrogen-bond donors (Lipinski definition) is 0. The van der Waals surface area contributed by atoms with Crippen LogP contribution in [0.4, 0.5) is 4.39 Å². The number of esters is 1. The van der Waals surface area contributed by atoms with E-state index in [2.05, 4.69) is 4.99 Å². The maximum Gasteiger partial charge on any atom is 0.363 e. The van der Waals surface area contributed by atoms with Gasteiger partial charge in [-0.3, -0.25) is 0 Å². The van der Waals surface area contributed by atoms with Gasteiger partial charge in [0.2, 0.25) is 5.90 Å². The molecule has 0 bridgehead atoms. The lowest BCUT2D eigenvalue weighted by Crippen LogP contribution is -2.06. The molecule has 3 aromatic rings. The number of aliphatic imine (C=N–C) groups is 1. The van der Waals surface area contributed by atoms with Crippen molar-refractivity contribution in [2.75, 3.05) is 6.61 Å². The van der Waals surface area contributed by atoms with Gasteiger partial charge in [-0.15, -0.1) is 0 Å². The second-order valence-electron chi connectivity index (χ2n) is 7.21. The number of hydrogen-bond acceptors (Lipinski definition) is 5. The quantitative estimate of drug-likeness (QED) is 0.368. The predicted molar refractivity (Wildman–Crippen MR) is 120 cm³/mol. The number of cyclic esters (lactones) is 1. The van der Waals surface area contributed by atoms with Crippen LogP contribution in [0.15, 0.2) is 77.4 Å². The van der Waals surface area contributed by atoms with Gasteiger partial charge in [0.25, 0.3) is 0 Å². The van der Waals surface area contributed by atoms with Crippen molar-refractivity contribution in [2.45, 2.75) is 20.5 Å². The highest BCUT2D eigenvalue weighted by molar-refractivity contribution is 6.13. The largest absolute Gasteiger partial charge is 0.490 e. The Bertz CT molecular complexity index is 1200. The van der Waals surface area contributed by atoms with E-state index < -0.39 is 5.97 Å². The Kier molecular flexibility index (Phi) is 6.31. The van der Waals surface area contributed by atoms with Crippen LogP contribution in [-0.2, 0) is 16.1 Å². The summed E-state index contributed by atoms with van der Waals surface area (Å²) < 4.78 is 30.0. The number of benzene rings is 3. The van der Waals surface area contributed by atoms with Gasteiger partial charge in [0.05, 0.1) is 6.61 Å². The van der Waals surface area contributed by atoms with E-state index in [4.69, 9.17) is 14.2 Å². The first-order valence-corrected chi connectivity index (χ1v) is 10.3. The fourth-order valence-electron chi connectivity index (χ4n) is 3.24. The van der Waals surface area contributed by atoms with Crippen molar-refractivity contribution in [1.29, 1.82) is 0 Å².